The summed E-state index contributed by atoms with van der Waals surface area (Å²) in [6.07, 6.45) is 0. The summed E-state index contributed by atoms with van der Waals surface area (Å²) in [7, 11) is 12.2. The van der Waals surface area contributed by atoms with Crippen LogP contribution in [0.25, 0.3) is 188 Å². The zero-order chi connectivity index (χ0) is 88.1. The molecule has 128 heavy (non-hydrogen) atoms. The summed E-state index contributed by atoms with van der Waals surface area (Å²) in [5.41, 5.74) is 5.31. The van der Waals surface area contributed by atoms with Crippen molar-refractivity contribution < 1.29 is 58.3 Å². The number of hydrogen-bond acceptors (Lipinski definition) is 24. The number of rotatable bonds is 16. The molecule has 0 unspecified atom stereocenters. The van der Waals surface area contributed by atoms with E-state index in [-0.39, 0.29) is 47.0 Å². The fourth-order valence-electron chi connectivity index (χ4n) is 15.7. The Balaban J connectivity index is 0.000000115. The fraction of sp³-hybridized carbons (Fsp3) is 0.0769. The van der Waals surface area contributed by atoms with Gasteiger partial charge in [-0.25, -0.2) is 19.9 Å². The van der Waals surface area contributed by atoms with E-state index >= 15 is 0 Å². The quantitative estimate of drug-likeness (QED) is 0.0516. The van der Waals surface area contributed by atoms with Gasteiger partial charge in [-0.2, -0.15) is 39.9 Å². The monoisotopic (exact) mass is 1690 g/mol. The van der Waals surface area contributed by atoms with E-state index in [9.17, 15) is 20.4 Å². The minimum Gasteiger partial charge on any atom is -0.507 e. The Bertz CT molecular complexity index is 7810. The number of methoxy groups -OCH3 is 8. The van der Waals surface area contributed by atoms with Gasteiger partial charge in [-0.3, -0.25) is 0 Å². The zero-order valence-electron chi connectivity index (χ0n) is 70.3. The van der Waals surface area contributed by atoms with Crippen molar-refractivity contribution in [2.75, 3.05) is 56.9 Å². The van der Waals surface area contributed by atoms with Gasteiger partial charge in [0.2, 0.25) is 0 Å². The first kappa shape index (κ1) is 81.7. The second-order valence-electron chi connectivity index (χ2n) is 29.4. The van der Waals surface area contributed by atoms with Crippen LogP contribution >= 0.6 is 0 Å². The Labute approximate surface area is 732 Å². The zero-order valence-corrected chi connectivity index (χ0v) is 70.3. The minimum absolute atomic E-state index is 0.0120. The molecule has 0 spiro atoms. The highest BCUT2D eigenvalue weighted by molar-refractivity contribution is 6.21. The number of aromatic nitrogens is 12. The molecule has 0 saturated heterocycles. The number of phenolic OH excluding ortho intramolecular Hbond substituents is 4. The molecule has 4 N–H and O–H groups in total. The van der Waals surface area contributed by atoms with E-state index in [0.29, 0.717) is 91.8 Å². The van der Waals surface area contributed by atoms with Crippen molar-refractivity contribution in [3.05, 3.63) is 303 Å². The third-order valence-corrected chi connectivity index (χ3v) is 21.9. The lowest BCUT2D eigenvalue weighted by molar-refractivity contribution is 0.379. The van der Waals surface area contributed by atoms with Crippen LogP contribution in [0.1, 0.15) is 0 Å². The van der Waals surface area contributed by atoms with Gasteiger partial charge in [0, 0.05) is 46.5 Å². The lowest BCUT2D eigenvalue weighted by Gasteiger charge is -2.13. The van der Waals surface area contributed by atoms with E-state index in [4.69, 9.17) is 52.8 Å². The summed E-state index contributed by atoms with van der Waals surface area (Å²) in [5, 5.41) is 62.0. The van der Waals surface area contributed by atoms with E-state index in [0.717, 1.165) is 103 Å². The first-order valence-corrected chi connectivity index (χ1v) is 40.4. The van der Waals surface area contributed by atoms with Crippen molar-refractivity contribution in [2.45, 2.75) is 0 Å². The number of nitrogens with zero attached hydrogens (tertiary/aromatic N) is 12. The predicted molar refractivity (Wildman–Crippen MR) is 499 cm³/mol. The van der Waals surface area contributed by atoms with Gasteiger partial charge in [-0.15, -0.1) is 0 Å². The molecule has 0 saturated carbocycles. The molecule has 626 valence electrons. The van der Waals surface area contributed by atoms with Gasteiger partial charge >= 0.3 is 24.0 Å². The lowest BCUT2D eigenvalue weighted by atomic mass is 9.93. The Morgan fingerprint density at radius 3 is 0.867 bits per heavy atom. The highest BCUT2D eigenvalue weighted by Crippen LogP contribution is 2.44. The summed E-state index contributed by atoms with van der Waals surface area (Å²) in [6.45, 7) is 0. The van der Waals surface area contributed by atoms with E-state index in [2.05, 4.69) is 178 Å². The van der Waals surface area contributed by atoms with Crippen molar-refractivity contribution in [1.82, 2.24) is 59.8 Å². The van der Waals surface area contributed by atoms with E-state index in [1.165, 1.54) is 68.9 Å². The number of hydrogen-bond donors (Lipinski definition) is 4. The number of ether oxygens (including phenoxy) is 8. The summed E-state index contributed by atoms with van der Waals surface area (Å²) < 4.78 is 42.2. The molecule has 0 radical (unpaired) electrons. The third-order valence-electron chi connectivity index (χ3n) is 21.9. The molecular weight excluding hydrogens is 1610 g/mol. The first-order valence-electron chi connectivity index (χ1n) is 40.4. The molecule has 0 fully saturated rings. The molecule has 0 aliphatic rings. The van der Waals surface area contributed by atoms with Crippen LogP contribution in [0.5, 0.6) is 70.0 Å². The van der Waals surface area contributed by atoms with Gasteiger partial charge in [-0.05, 0) is 182 Å². The summed E-state index contributed by atoms with van der Waals surface area (Å²) in [4.78, 5) is 54.4. The molecule has 0 bridgehead atoms. The summed E-state index contributed by atoms with van der Waals surface area (Å²) >= 11 is 0. The molecule has 0 aliphatic heterocycles. The number of aromatic hydroxyl groups is 4. The molecule has 21 aromatic rings. The first-order chi connectivity index (χ1) is 62.6. The van der Waals surface area contributed by atoms with E-state index < -0.39 is 0 Å². The maximum absolute atomic E-state index is 10.6. The second kappa shape index (κ2) is 35.7. The second-order valence-corrected chi connectivity index (χ2v) is 29.4. The Hall–Kier alpha value is -17.3. The summed E-state index contributed by atoms with van der Waals surface area (Å²) in [5.74, 6) is 5.39. The van der Waals surface area contributed by atoms with Gasteiger partial charge in [0.1, 0.15) is 46.0 Å². The molecule has 0 aliphatic carbocycles. The van der Waals surface area contributed by atoms with Crippen LogP contribution in [0, 0.1) is 0 Å². The normalized spacial score (nSPS) is 11.1. The Morgan fingerprint density at radius 1 is 0.172 bits per heavy atom. The van der Waals surface area contributed by atoms with Crippen LogP contribution < -0.4 is 37.9 Å². The molecule has 0 atom stereocenters. The van der Waals surface area contributed by atoms with Gasteiger partial charge < -0.3 is 58.3 Å². The van der Waals surface area contributed by atoms with Crippen LogP contribution in [0.3, 0.4) is 0 Å². The predicted octanol–water partition coefficient (Wildman–Crippen LogP) is 22.1. The largest absolute Gasteiger partial charge is 0.507 e. The van der Waals surface area contributed by atoms with Crippen LogP contribution in [-0.2, 0) is 0 Å². The minimum atomic E-state index is 0.0120. The molecule has 4 heterocycles. The van der Waals surface area contributed by atoms with Crippen molar-refractivity contribution in [3.8, 4) is 161 Å². The maximum atomic E-state index is 10.6. The lowest BCUT2D eigenvalue weighted by Crippen LogP contribution is -2.01. The molecule has 24 nitrogen and oxygen atoms in total. The van der Waals surface area contributed by atoms with Gasteiger partial charge in [0.15, 0.2) is 46.6 Å². The van der Waals surface area contributed by atoms with Crippen molar-refractivity contribution in [2.24, 2.45) is 0 Å². The van der Waals surface area contributed by atoms with Gasteiger partial charge in [0.25, 0.3) is 0 Å². The number of benzene rings is 17. The highest BCUT2D eigenvalue weighted by atomic mass is 16.5. The standard InChI is InChI=1S/C29H21N3O3.3C25H19N3O3/c1-34-18-12-14-23(26(33)15-18)27-30-28(32-29(31-27)35-2)25-16-24-19-8-4-3-7-17(19)11-13-22(24)20-9-5-6-10-21(20)25;1-30-17-11-12-20(21(29)14-17)23-26-24(28-25(27-23)31-2)22-18-9-5-3-7-15(18)13-16-8-4-6-10-19(16)22;1-30-16-11-12-20(22(29)14-16)23-26-24(28-25(27-23)31-2)21-13-15-7-3-4-8-17(15)18-9-5-6-10-19(18)21;1-30-20-9-10-21(22(29)14-20)24-26-23(27-25(28-24)31-2)18-8-7-17-11-15-5-3-4-6-16(15)12-19(17)13-18/h3-16,33H,1-2H3;3*3-14,29H,1-2H3. The summed E-state index contributed by atoms with van der Waals surface area (Å²) in [6, 6.07) is 99.2. The van der Waals surface area contributed by atoms with Crippen molar-refractivity contribution in [3.63, 3.8) is 0 Å². The Morgan fingerprint density at radius 2 is 0.453 bits per heavy atom. The van der Waals surface area contributed by atoms with Gasteiger partial charge in [0.05, 0.1) is 79.1 Å². The topological polar surface area (TPSA) is 309 Å². The smallest absolute Gasteiger partial charge is 0.320 e. The van der Waals surface area contributed by atoms with Crippen LogP contribution in [0.15, 0.2) is 303 Å². The van der Waals surface area contributed by atoms with Crippen molar-refractivity contribution >= 4 is 97.0 Å². The van der Waals surface area contributed by atoms with E-state index in [1.807, 2.05) is 97.1 Å². The molecule has 4 aromatic heterocycles. The highest BCUT2D eigenvalue weighted by Gasteiger charge is 2.24. The molecule has 24 heteroatoms. The Kier molecular flexibility index (Phi) is 22.8. The number of phenols is 4. The molecule has 21 rings (SSSR count). The van der Waals surface area contributed by atoms with Gasteiger partial charge in [-0.1, -0.05) is 194 Å². The molecular formula is C104H78N12O12. The molecule has 17 aromatic carbocycles. The van der Waals surface area contributed by atoms with E-state index in [1.54, 1.807) is 77.0 Å². The van der Waals surface area contributed by atoms with Crippen molar-refractivity contribution in [1.29, 1.82) is 0 Å². The average molecular weight is 1690 g/mol. The number of fused-ring (bicyclic) bond motifs is 12. The average Bonchev–Trinajstić information content (AvgIpc) is 0.755. The fourth-order valence-corrected chi connectivity index (χ4v) is 15.7. The molecule has 0 amide bonds. The SMILES string of the molecule is COc1ccc(-c2nc(OC)nc(-c3c4ccccc4cc4ccccc34)n2)c(O)c1.COc1ccc(-c2nc(OC)nc(-c3cc4c5ccccc5ccc4c4ccccc34)n2)c(O)c1.COc1ccc(-c2nc(OC)nc(-c3cc4ccccc4c4ccccc34)n2)c(O)c1.COc1ccc(-c2nc(OC)nc(-c3ccc4cc5ccccc5cc4c3)n2)c(O)c1. The van der Waals surface area contributed by atoms with Crippen LogP contribution in [0.2, 0.25) is 0 Å². The van der Waals surface area contributed by atoms with Crippen LogP contribution in [0.4, 0.5) is 0 Å². The van der Waals surface area contributed by atoms with Crippen LogP contribution in [-0.4, -0.2) is 137 Å². The third kappa shape index (κ3) is 16.4. The maximum Gasteiger partial charge on any atom is 0.320 e.